The molecule has 2 amide bonds. The molecule has 0 heterocycles. The predicted molar refractivity (Wildman–Crippen MR) is 158 cm³/mol. The number of halogens is 1. The molecule has 0 spiro atoms. The second-order valence-electron chi connectivity index (χ2n) is 9.49. The van der Waals surface area contributed by atoms with E-state index in [-0.39, 0.29) is 17.3 Å². The molecule has 7 nitrogen and oxygen atoms in total. The fourth-order valence-electron chi connectivity index (χ4n) is 4.02. The Morgan fingerprint density at radius 3 is 2.17 bits per heavy atom. The Labute approximate surface area is 240 Å². The first-order valence-electron chi connectivity index (χ1n) is 13.1. The van der Waals surface area contributed by atoms with E-state index in [1.54, 1.807) is 55.5 Å². The van der Waals surface area contributed by atoms with Gasteiger partial charge >= 0.3 is 0 Å². The average molecular weight is 586 g/mol. The molecule has 1 atom stereocenters. The summed E-state index contributed by atoms with van der Waals surface area (Å²) >= 11 is 1.49. The topological polar surface area (TPSA) is 86.8 Å². The largest absolute Gasteiger partial charge is 0.354 e. The minimum absolute atomic E-state index is 0.00564. The van der Waals surface area contributed by atoms with Crippen LogP contribution in [-0.2, 0) is 26.2 Å². The number of rotatable bonds is 13. The van der Waals surface area contributed by atoms with Crippen LogP contribution in [0.25, 0.3) is 0 Å². The number of hydrogen-bond donors (Lipinski definition) is 1. The van der Waals surface area contributed by atoms with Crippen molar-refractivity contribution in [1.29, 1.82) is 0 Å². The average Bonchev–Trinajstić information content (AvgIpc) is 2.95. The zero-order valence-corrected chi connectivity index (χ0v) is 24.9. The SMILES string of the molecule is CCCCNC(=O)[C@@H](C)N(Cc1ccc(F)cc1)C(=O)CN(c1ccc(C)cc1)S(=O)(=O)c1ccc(SC)cc1. The number of thioether (sulfide) groups is 1. The molecule has 0 aliphatic heterocycles. The lowest BCUT2D eigenvalue weighted by atomic mass is 10.1. The van der Waals surface area contributed by atoms with E-state index in [1.165, 1.54) is 40.9 Å². The van der Waals surface area contributed by atoms with Crippen LogP contribution in [0.3, 0.4) is 0 Å². The second kappa shape index (κ2) is 14.3. The van der Waals surface area contributed by atoms with Crippen molar-refractivity contribution in [1.82, 2.24) is 10.2 Å². The molecule has 0 fully saturated rings. The van der Waals surface area contributed by atoms with Crippen molar-refractivity contribution in [2.75, 3.05) is 23.7 Å². The standard InChI is InChI=1S/C30H36FN3O4S2/c1-5-6-19-32-30(36)23(3)33(20-24-9-11-25(31)12-10-24)29(35)21-34(26-13-7-22(2)8-14-26)40(37,38)28-17-15-27(39-4)16-18-28/h7-18,23H,5-6,19-21H2,1-4H3,(H,32,36)/t23-/m1/s1. The van der Waals surface area contributed by atoms with Crippen LogP contribution in [0.1, 0.15) is 37.8 Å². The predicted octanol–water partition coefficient (Wildman–Crippen LogP) is 5.38. The van der Waals surface area contributed by atoms with E-state index < -0.39 is 34.3 Å². The van der Waals surface area contributed by atoms with Gasteiger partial charge in [0, 0.05) is 18.0 Å². The highest BCUT2D eigenvalue weighted by molar-refractivity contribution is 7.98. The van der Waals surface area contributed by atoms with Gasteiger partial charge in [-0.3, -0.25) is 13.9 Å². The number of benzene rings is 3. The van der Waals surface area contributed by atoms with Gasteiger partial charge in [0.15, 0.2) is 0 Å². The third-order valence-electron chi connectivity index (χ3n) is 6.51. The van der Waals surface area contributed by atoms with Crippen LogP contribution in [-0.4, -0.2) is 50.5 Å². The van der Waals surface area contributed by atoms with Crippen molar-refractivity contribution in [3.63, 3.8) is 0 Å². The van der Waals surface area contributed by atoms with Crippen LogP contribution in [0.5, 0.6) is 0 Å². The summed E-state index contributed by atoms with van der Waals surface area (Å²) in [6.45, 7) is 5.45. The van der Waals surface area contributed by atoms with E-state index in [0.717, 1.165) is 27.6 Å². The molecule has 0 aliphatic carbocycles. The van der Waals surface area contributed by atoms with Gasteiger partial charge in [-0.25, -0.2) is 12.8 Å². The van der Waals surface area contributed by atoms with Crippen molar-refractivity contribution >= 4 is 39.3 Å². The van der Waals surface area contributed by atoms with E-state index in [4.69, 9.17) is 0 Å². The fourth-order valence-corrected chi connectivity index (χ4v) is 5.84. The number of anilines is 1. The van der Waals surface area contributed by atoms with E-state index in [2.05, 4.69) is 5.32 Å². The molecular weight excluding hydrogens is 549 g/mol. The van der Waals surface area contributed by atoms with Crippen LogP contribution in [0, 0.1) is 12.7 Å². The van der Waals surface area contributed by atoms with Crippen molar-refractivity contribution in [2.24, 2.45) is 0 Å². The molecule has 0 aliphatic rings. The van der Waals surface area contributed by atoms with Gasteiger partial charge in [-0.15, -0.1) is 11.8 Å². The Morgan fingerprint density at radius 1 is 0.975 bits per heavy atom. The molecule has 3 rings (SSSR count). The molecule has 0 bridgehead atoms. The highest BCUT2D eigenvalue weighted by Crippen LogP contribution is 2.26. The number of hydrogen-bond acceptors (Lipinski definition) is 5. The lowest BCUT2D eigenvalue weighted by Gasteiger charge is -2.32. The van der Waals surface area contributed by atoms with Gasteiger partial charge in [-0.1, -0.05) is 43.2 Å². The molecule has 3 aromatic rings. The third-order valence-corrected chi connectivity index (χ3v) is 9.04. The van der Waals surface area contributed by atoms with Crippen LogP contribution >= 0.6 is 11.8 Å². The summed E-state index contributed by atoms with van der Waals surface area (Å²) in [6, 6.07) is 18.1. The van der Waals surface area contributed by atoms with Crippen molar-refractivity contribution in [2.45, 2.75) is 56.0 Å². The number of sulfonamides is 1. The van der Waals surface area contributed by atoms with Crippen LogP contribution in [0.15, 0.2) is 82.6 Å². The molecule has 40 heavy (non-hydrogen) atoms. The van der Waals surface area contributed by atoms with Gasteiger partial charge in [-0.05, 0) is 80.6 Å². The van der Waals surface area contributed by atoms with Crippen LogP contribution < -0.4 is 9.62 Å². The minimum atomic E-state index is -4.14. The quantitative estimate of drug-likeness (QED) is 0.215. The Bertz CT molecular complexity index is 1380. The molecule has 214 valence electrons. The lowest BCUT2D eigenvalue weighted by Crippen LogP contribution is -2.51. The van der Waals surface area contributed by atoms with Crippen LogP contribution in [0.4, 0.5) is 10.1 Å². The maximum atomic E-state index is 13.9. The first kappa shape index (κ1) is 31.2. The number of carbonyl (C=O) groups excluding carboxylic acids is 2. The highest BCUT2D eigenvalue weighted by atomic mass is 32.2. The summed E-state index contributed by atoms with van der Waals surface area (Å²) in [5.74, 6) is -1.33. The molecule has 0 unspecified atom stereocenters. The number of amides is 2. The summed E-state index contributed by atoms with van der Waals surface area (Å²) in [5.41, 5.74) is 1.88. The molecule has 0 radical (unpaired) electrons. The summed E-state index contributed by atoms with van der Waals surface area (Å²) in [7, 11) is -4.14. The van der Waals surface area contributed by atoms with Gasteiger partial charge in [0.05, 0.1) is 10.6 Å². The number of nitrogens with one attached hydrogen (secondary N) is 1. The first-order valence-corrected chi connectivity index (χ1v) is 15.8. The Morgan fingerprint density at radius 2 is 1.60 bits per heavy atom. The zero-order valence-electron chi connectivity index (χ0n) is 23.3. The summed E-state index contributed by atoms with van der Waals surface area (Å²) < 4.78 is 42.4. The summed E-state index contributed by atoms with van der Waals surface area (Å²) in [5, 5.41) is 2.85. The molecular formula is C30H36FN3O4S2. The minimum Gasteiger partial charge on any atom is -0.354 e. The van der Waals surface area contributed by atoms with E-state index in [9.17, 15) is 22.4 Å². The number of carbonyl (C=O) groups is 2. The molecule has 0 saturated heterocycles. The van der Waals surface area contributed by atoms with E-state index >= 15 is 0 Å². The van der Waals surface area contributed by atoms with Gasteiger partial charge < -0.3 is 10.2 Å². The Hall–Kier alpha value is -3.37. The molecule has 10 heteroatoms. The first-order chi connectivity index (χ1) is 19.1. The maximum absolute atomic E-state index is 13.9. The smallest absolute Gasteiger partial charge is 0.264 e. The maximum Gasteiger partial charge on any atom is 0.264 e. The highest BCUT2D eigenvalue weighted by Gasteiger charge is 2.32. The second-order valence-corrected chi connectivity index (χ2v) is 12.2. The van der Waals surface area contributed by atoms with Crippen molar-refractivity contribution < 1.29 is 22.4 Å². The Kier molecular flexibility index (Phi) is 11.2. The van der Waals surface area contributed by atoms with E-state index in [1.807, 2.05) is 20.1 Å². The number of nitrogens with zero attached hydrogens (tertiary/aromatic N) is 2. The van der Waals surface area contributed by atoms with Gasteiger partial charge in [0.2, 0.25) is 11.8 Å². The molecule has 0 saturated carbocycles. The molecule has 3 aromatic carbocycles. The lowest BCUT2D eigenvalue weighted by molar-refractivity contribution is -0.139. The zero-order chi connectivity index (χ0) is 29.3. The fraction of sp³-hybridized carbons (Fsp3) is 0.333. The van der Waals surface area contributed by atoms with Gasteiger partial charge in [0.25, 0.3) is 10.0 Å². The summed E-state index contributed by atoms with van der Waals surface area (Å²) in [6.07, 6.45) is 3.59. The van der Waals surface area contributed by atoms with Crippen molar-refractivity contribution in [3.05, 3.63) is 89.7 Å². The van der Waals surface area contributed by atoms with Gasteiger partial charge in [-0.2, -0.15) is 0 Å². The third kappa shape index (κ3) is 8.08. The van der Waals surface area contributed by atoms with Gasteiger partial charge in [0.1, 0.15) is 18.4 Å². The summed E-state index contributed by atoms with van der Waals surface area (Å²) in [4.78, 5) is 29.2. The normalized spacial score (nSPS) is 12.0. The van der Waals surface area contributed by atoms with E-state index in [0.29, 0.717) is 17.8 Å². The number of unbranched alkanes of at least 4 members (excludes halogenated alkanes) is 1. The van der Waals surface area contributed by atoms with Crippen LogP contribution in [0.2, 0.25) is 0 Å². The Balaban J connectivity index is 1.99. The molecule has 1 N–H and O–H groups in total. The molecule has 0 aromatic heterocycles. The number of aryl methyl sites for hydroxylation is 1. The van der Waals surface area contributed by atoms with Crippen molar-refractivity contribution in [3.8, 4) is 0 Å². The monoisotopic (exact) mass is 585 g/mol.